The first-order valence-corrected chi connectivity index (χ1v) is 8.31. The number of carbonyl (C=O) groups is 2. The summed E-state index contributed by atoms with van der Waals surface area (Å²) in [5.74, 6) is -0.840. The molecule has 8 heteroatoms. The van der Waals surface area contributed by atoms with E-state index in [0.717, 1.165) is 0 Å². The van der Waals surface area contributed by atoms with Gasteiger partial charge in [0.05, 0.1) is 12.8 Å². The molecule has 0 aromatic heterocycles. The number of carbonyl (C=O) groups excluding carboxylic acids is 2. The van der Waals surface area contributed by atoms with Gasteiger partial charge in [0.2, 0.25) is 11.8 Å². The monoisotopic (exact) mass is 373 g/mol. The van der Waals surface area contributed by atoms with E-state index in [1.54, 1.807) is 19.1 Å². The maximum absolute atomic E-state index is 12.8. The molecule has 0 heterocycles. The fourth-order valence-electron chi connectivity index (χ4n) is 2.10. The molecular formula is C19H20FN3O4. The summed E-state index contributed by atoms with van der Waals surface area (Å²) in [4.78, 5) is 23.5. The molecule has 0 aliphatic carbocycles. The van der Waals surface area contributed by atoms with Crippen LogP contribution in [0.2, 0.25) is 0 Å². The minimum atomic E-state index is -0.427. The predicted octanol–water partition coefficient (Wildman–Crippen LogP) is 2.80. The lowest BCUT2D eigenvalue weighted by Crippen LogP contribution is -2.20. The van der Waals surface area contributed by atoms with Gasteiger partial charge in [-0.25, -0.2) is 9.82 Å². The maximum atomic E-state index is 12.8. The van der Waals surface area contributed by atoms with Crippen molar-refractivity contribution in [1.82, 2.24) is 5.43 Å². The Morgan fingerprint density at radius 2 is 1.85 bits per heavy atom. The van der Waals surface area contributed by atoms with Gasteiger partial charge >= 0.3 is 0 Å². The molecule has 0 unspecified atom stereocenters. The van der Waals surface area contributed by atoms with Gasteiger partial charge in [0.15, 0.2) is 11.5 Å². The maximum Gasteiger partial charge on any atom is 0.240 e. The number of nitrogens with one attached hydrogen (secondary N) is 2. The first kappa shape index (κ1) is 19.9. The minimum absolute atomic E-state index is 0.0187. The van der Waals surface area contributed by atoms with Gasteiger partial charge in [0.25, 0.3) is 0 Å². The Morgan fingerprint density at radius 3 is 2.56 bits per heavy atom. The molecule has 0 spiro atoms. The molecule has 7 nitrogen and oxygen atoms in total. The topological polar surface area (TPSA) is 100 Å². The highest BCUT2D eigenvalue weighted by Gasteiger charge is 2.07. The van der Waals surface area contributed by atoms with E-state index in [4.69, 9.17) is 4.74 Å². The van der Waals surface area contributed by atoms with Gasteiger partial charge in [-0.05, 0) is 55.0 Å². The summed E-state index contributed by atoms with van der Waals surface area (Å²) in [6.45, 7) is 2.21. The quantitative estimate of drug-likeness (QED) is 0.489. The van der Waals surface area contributed by atoms with Crippen LogP contribution in [0.4, 0.5) is 10.1 Å². The number of benzene rings is 2. The van der Waals surface area contributed by atoms with Crippen molar-refractivity contribution in [2.75, 3.05) is 11.9 Å². The van der Waals surface area contributed by atoms with E-state index >= 15 is 0 Å². The number of rotatable bonds is 8. The highest BCUT2D eigenvalue weighted by molar-refractivity contribution is 5.93. The number of hydrogen-bond acceptors (Lipinski definition) is 5. The van der Waals surface area contributed by atoms with Crippen molar-refractivity contribution in [2.24, 2.45) is 5.10 Å². The molecule has 2 aromatic carbocycles. The van der Waals surface area contributed by atoms with E-state index in [1.165, 1.54) is 36.5 Å². The SMILES string of the molecule is CCOc1cc(/C=N/NC(=O)CCC(=O)Nc2ccc(F)cc2)ccc1O. The molecule has 0 saturated heterocycles. The predicted molar refractivity (Wildman–Crippen MR) is 99.3 cm³/mol. The second-order valence-electron chi connectivity index (χ2n) is 5.51. The van der Waals surface area contributed by atoms with Crippen molar-refractivity contribution < 1.29 is 23.8 Å². The zero-order chi connectivity index (χ0) is 19.6. The van der Waals surface area contributed by atoms with Gasteiger partial charge in [-0.15, -0.1) is 0 Å². The number of hydrogen-bond donors (Lipinski definition) is 3. The highest BCUT2D eigenvalue weighted by atomic mass is 19.1. The number of nitrogens with zero attached hydrogens (tertiary/aromatic N) is 1. The van der Waals surface area contributed by atoms with E-state index in [9.17, 15) is 19.1 Å². The first-order valence-electron chi connectivity index (χ1n) is 8.31. The van der Waals surface area contributed by atoms with E-state index in [2.05, 4.69) is 15.8 Å². The normalized spacial score (nSPS) is 10.6. The standard InChI is InChI=1S/C19H20FN3O4/c1-2-27-17-11-13(3-8-16(17)24)12-21-23-19(26)10-9-18(25)22-15-6-4-14(20)5-7-15/h3-8,11-12,24H,2,9-10H2,1H3,(H,22,25)(H,23,26)/b21-12+. The third-order valence-corrected chi connectivity index (χ3v) is 3.39. The molecule has 0 aliphatic rings. The molecule has 2 rings (SSSR count). The van der Waals surface area contributed by atoms with Crippen molar-refractivity contribution in [3.05, 3.63) is 53.8 Å². The van der Waals surface area contributed by atoms with Gasteiger partial charge in [-0.3, -0.25) is 9.59 Å². The van der Waals surface area contributed by atoms with Gasteiger partial charge in [0, 0.05) is 18.5 Å². The number of halogens is 1. The van der Waals surface area contributed by atoms with E-state index < -0.39 is 11.7 Å². The highest BCUT2D eigenvalue weighted by Crippen LogP contribution is 2.26. The summed E-state index contributed by atoms with van der Waals surface area (Å²) >= 11 is 0. The van der Waals surface area contributed by atoms with Crippen molar-refractivity contribution >= 4 is 23.7 Å². The van der Waals surface area contributed by atoms with E-state index in [0.29, 0.717) is 23.6 Å². The molecule has 0 atom stereocenters. The smallest absolute Gasteiger partial charge is 0.240 e. The number of ether oxygens (including phenoxy) is 1. The van der Waals surface area contributed by atoms with Gasteiger partial charge in [-0.1, -0.05) is 0 Å². The summed E-state index contributed by atoms with van der Waals surface area (Å²) in [7, 11) is 0. The second-order valence-corrected chi connectivity index (χ2v) is 5.51. The average Bonchev–Trinajstić information content (AvgIpc) is 2.65. The number of aromatic hydroxyl groups is 1. The molecular weight excluding hydrogens is 353 g/mol. The number of amides is 2. The second kappa shape index (κ2) is 9.91. The molecule has 2 aromatic rings. The van der Waals surface area contributed by atoms with Crippen molar-refractivity contribution in [2.45, 2.75) is 19.8 Å². The van der Waals surface area contributed by atoms with E-state index in [1.807, 2.05) is 0 Å². The molecule has 3 N–H and O–H groups in total. The molecule has 142 valence electrons. The summed E-state index contributed by atoms with van der Waals surface area (Å²) in [6, 6.07) is 10.0. The summed E-state index contributed by atoms with van der Waals surface area (Å²) in [5, 5.41) is 16.0. The molecule has 0 radical (unpaired) electrons. The fourth-order valence-corrected chi connectivity index (χ4v) is 2.10. The zero-order valence-electron chi connectivity index (χ0n) is 14.7. The number of phenolic OH excluding ortho intramolecular Hbond substituents is 1. The van der Waals surface area contributed by atoms with Crippen molar-refractivity contribution in [1.29, 1.82) is 0 Å². The third-order valence-electron chi connectivity index (χ3n) is 3.39. The van der Waals surface area contributed by atoms with Crippen LogP contribution in [0.15, 0.2) is 47.6 Å². The number of hydrazone groups is 1. The van der Waals surface area contributed by atoms with Crippen LogP contribution in [0.25, 0.3) is 0 Å². The summed E-state index contributed by atoms with van der Waals surface area (Å²) in [6.07, 6.45) is 1.31. The Kier molecular flexibility index (Phi) is 7.30. The Morgan fingerprint density at radius 1 is 1.15 bits per heavy atom. The lowest BCUT2D eigenvalue weighted by molar-refractivity contribution is -0.124. The van der Waals surface area contributed by atoms with Crippen LogP contribution >= 0.6 is 0 Å². The molecule has 0 fully saturated rings. The largest absolute Gasteiger partial charge is 0.504 e. The third kappa shape index (κ3) is 6.77. The Labute approximate surface area is 155 Å². The van der Waals surface area contributed by atoms with Crippen LogP contribution in [0.1, 0.15) is 25.3 Å². The number of anilines is 1. The van der Waals surface area contributed by atoms with E-state index in [-0.39, 0.29) is 24.5 Å². The van der Waals surface area contributed by atoms with Gasteiger partial charge in [-0.2, -0.15) is 5.10 Å². The fraction of sp³-hybridized carbons (Fsp3) is 0.211. The van der Waals surface area contributed by atoms with Crippen LogP contribution in [0, 0.1) is 5.82 Å². The minimum Gasteiger partial charge on any atom is -0.504 e. The van der Waals surface area contributed by atoms with Crippen molar-refractivity contribution in [3.63, 3.8) is 0 Å². The Bertz CT molecular complexity index is 822. The molecule has 0 saturated carbocycles. The summed E-state index contributed by atoms with van der Waals surface area (Å²) in [5.41, 5.74) is 3.41. The van der Waals surface area contributed by atoms with Crippen LogP contribution in [0.3, 0.4) is 0 Å². The Hall–Kier alpha value is -3.42. The van der Waals surface area contributed by atoms with Crippen molar-refractivity contribution in [3.8, 4) is 11.5 Å². The first-order chi connectivity index (χ1) is 13.0. The molecule has 0 bridgehead atoms. The lowest BCUT2D eigenvalue weighted by atomic mass is 10.2. The van der Waals surface area contributed by atoms with Crippen LogP contribution in [0.5, 0.6) is 11.5 Å². The summed E-state index contributed by atoms with van der Waals surface area (Å²) < 4.78 is 18.1. The lowest BCUT2D eigenvalue weighted by Gasteiger charge is -2.06. The van der Waals surface area contributed by atoms with Crippen LogP contribution in [-0.4, -0.2) is 29.7 Å². The zero-order valence-corrected chi connectivity index (χ0v) is 14.7. The van der Waals surface area contributed by atoms with Gasteiger partial charge in [0.1, 0.15) is 5.82 Å². The van der Waals surface area contributed by atoms with Gasteiger partial charge < -0.3 is 15.2 Å². The van der Waals surface area contributed by atoms with Crippen LogP contribution < -0.4 is 15.5 Å². The average molecular weight is 373 g/mol. The van der Waals surface area contributed by atoms with Crippen LogP contribution in [-0.2, 0) is 9.59 Å². The Balaban J connectivity index is 1.77. The molecule has 0 aliphatic heterocycles. The molecule has 2 amide bonds. The number of phenols is 1. The molecule has 27 heavy (non-hydrogen) atoms.